The third-order valence-corrected chi connectivity index (χ3v) is 8.50. The van der Waals surface area contributed by atoms with Crippen molar-refractivity contribution in [3.8, 4) is 0 Å². The fourth-order valence-electron chi connectivity index (χ4n) is 5.72. The van der Waals surface area contributed by atoms with Gasteiger partial charge in [0.25, 0.3) is 0 Å². The highest BCUT2D eigenvalue weighted by Gasteiger charge is 2.40. The first kappa shape index (κ1) is 44.5. The van der Waals surface area contributed by atoms with E-state index in [4.69, 9.17) is 5.73 Å². The molecular formula is C33H55N9O11. The molecule has 298 valence electrons. The number of amides is 6. The maximum Gasteiger partial charge on any atom is 0.326 e. The number of likely N-dealkylation sites (tertiary alicyclic amines) is 1. The van der Waals surface area contributed by atoms with E-state index in [1.807, 2.05) is 0 Å². The highest BCUT2D eigenvalue weighted by Crippen LogP contribution is 2.19. The van der Waals surface area contributed by atoms with E-state index in [1.54, 1.807) is 33.9 Å². The zero-order valence-electron chi connectivity index (χ0n) is 30.7. The number of hydrogen-bond donors (Lipinski definition) is 11. The van der Waals surface area contributed by atoms with Crippen molar-refractivity contribution in [1.29, 1.82) is 0 Å². The van der Waals surface area contributed by atoms with Gasteiger partial charge in [0.15, 0.2) is 0 Å². The van der Waals surface area contributed by atoms with Gasteiger partial charge in [-0.25, -0.2) is 9.78 Å². The molecule has 1 aromatic heterocycles. The zero-order chi connectivity index (χ0) is 40.0. The predicted octanol–water partition coefficient (Wildman–Crippen LogP) is -3.76. The zero-order valence-corrected chi connectivity index (χ0v) is 30.7. The van der Waals surface area contributed by atoms with Gasteiger partial charge in [0.05, 0.1) is 37.4 Å². The van der Waals surface area contributed by atoms with Crippen molar-refractivity contribution in [3.05, 3.63) is 18.2 Å². The van der Waals surface area contributed by atoms with E-state index < -0.39 is 103 Å². The van der Waals surface area contributed by atoms with Crippen LogP contribution in [0.4, 0.5) is 0 Å². The SMILES string of the molecule is CC(C)C[C@H](NC(=O)[C@H](CO)NC(=O)[C@H](CO)NC(=O)[C@H](CC(C)C)NC(=O)[C@@H](N)Cc1c[nH]cn1)C(=O)N[C@H](C(=O)N1CCC[C@H]1C(=O)O)[C@@H](C)O. The maximum atomic E-state index is 13.4. The lowest BCUT2D eigenvalue weighted by Crippen LogP contribution is -2.62. The number of aromatic nitrogens is 2. The van der Waals surface area contributed by atoms with Gasteiger partial charge >= 0.3 is 5.97 Å². The Morgan fingerprint density at radius 1 is 0.811 bits per heavy atom. The van der Waals surface area contributed by atoms with E-state index in [9.17, 15) is 54.0 Å². The first-order chi connectivity index (χ1) is 24.9. The summed E-state index contributed by atoms with van der Waals surface area (Å²) in [5, 5.41) is 51.8. The lowest BCUT2D eigenvalue weighted by Gasteiger charge is -2.30. The number of nitrogens with one attached hydrogen (secondary N) is 6. The first-order valence-electron chi connectivity index (χ1n) is 17.6. The molecule has 1 aliphatic rings. The lowest BCUT2D eigenvalue weighted by molar-refractivity contribution is -0.150. The van der Waals surface area contributed by atoms with Crippen LogP contribution in [0.2, 0.25) is 0 Å². The smallest absolute Gasteiger partial charge is 0.326 e. The summed E-state index contributed by atoms with van der Waals surface area (Å²) in [6, 6.07) is -9.48. The fraction of sp³-hybridized carbons (Fsp3) is 0.697. The Balaban J connectivity index is 2.12. The number of aliphatic hydroxyl groups is 3. The second kappa shape index (κ2) is 21.1. The summed E-state index contributed by atoms with van der Waals surface area (Å²) in [6.45, 7) is 6.56. The number of carbonyl (C=O) groups is 7. The third-order valence-electron chi connectivity index (χ3n) is 8.50. The second-order valence-corrected chi connectivity index (χ2v) is 14.0. The van der Waals surface area contributed by atoms with Crippen LogP contribution in [0.1, 0.15) is 66.0 Å². The summed E-state index contributed by atoms with van der Waals surface area (Å²) in [5.41, 5.74) is 6.52. The van der Waals surface area contributed by atoms with Gasteiger partial charge in [0.1, 0.15) is 36.3 Å². The van der Waals surface area contributed by atoms with Crippen LogP contribution in [-0.2, 0) is 40.0 Å². The second-order valence-electron chi connectivity index (χ2n) is 14.0. The van der Waals surface area contributed by atoms with Gasteiger partial charge in [-0.05, 0) is 44.4 Å². The normalized spacial score (nSPS) is 18.2. The van der Waals surface area contributed by atoms with Crippen LogP contribution in [0.15, 0.2) is 12.5 Å². The Kier molecular flexibility index (Phi) is 17.8. The van der Waals surface area contributed by atoms with Crippen molar-refractivity contribution in [2.75, 3.05) is 19.8 Å². The number of imidazole rings is 1. The molecular weight excluding hydrogens is 698 g/mol. The predicted molar refractivity (Wildman–Crippen MR) is 187 cm³/mol. The summed E-state index contributed by atoms with van der Waals surface area (Å²) in [5.74, 6) is -6.77. The monoisotopic (exact) mass is 753 g/mol. The molecule has 53 heavy (non-hydrogen) atoms. The minimum atomic E-state index is -1.67. The summed E-state index contributed by atoms with van der Waals surface area (Å²) in [6.07, 6.45) is 2.44. The molecule has 0 radical (unpaired) electrons. The first-order valence-corrected chi connectivity index (χ1v) is 17.6. The minimum Gasteiger partial charge on any atom is -0.480 e. The van der Waals surface area contributed by atoms with Crippen molar-refractivity contribution in [2.24, 2.45) is 17.6 Å². The average Bonchev–Trinajstić information content (AvgIpc) is 3.79. The van der Waals surface area contributed by atoms with Gasteiger partial charge in [0, 0.05) is 19.2 Å². The van der Waals surface area contributed by atoms with E-state index in [0.29, 0.717) is 12.1 Å². The van der Waals surface area contributed by atoms with Crippen molar-refractivity contribution < 1.29 is 54.0 Å². The van der Waals surface area contributed by atoms with Gasteiger partial charge in [-0.15, -0.1) is 0 Å². The molecule has 20 nitrogen and oxygen atoms in total. The average molecular weight is 754 g/mol. The fourth-order valence-corrected chi connectivity index (χ4v) is 5.72. The van der Waals surface area contributed by atoms with E-state index in [0.717, 1.165) is 4.90 Å². The molecule has 0 aromatic carbocycles. The van der Waals surface area contributed by atoms with Crippen LogP contribution in [-0.4, -0.2) is 145 Å². The van der Waals surface area contributed by atoms with E-state index in [2.05, 4.69) is 36.6 Å². The summed E-state index contributed by atoms with van der Waals surface area (Å²) in [7, 11) is 0. The quantitative estimate of drug-likeness (QED) is 0.0575. The topological polar surface area (TPSA) is 319 Å². The van der Waals surface area contributed by atoms with Gasteiger partial charge in [0.2, 0.25) is 35.4 Å². The molecule has 20 heteroatoms. The maximum absolute atomic E-state index is 13.4. The van der Waals surface area contributed by atoms with Crippen LogP contribution in [0.25, 0.3) is 0 Å². The Hall–Kier alpha value is -4.66. The molecule has 0 saturated carbocycles. The molecule has 6 amide bonds. The summed E-state index contributed by atoms with van der Waals surface area (Å²) >= 11 is 0. The molecule has 1 saturated heterocycles. The number of carbonyl (C=O) groups excluding carboxylic acids is 6. The van der Waals surface area contributed by atoms with Crippen molar-refractivity contribution in [3.63, 3.8) is 0 Å². The number of carboxylic acid groups (broad SMARTS) is 1. The minimum absolute atomic E-state index is 0.0233. The van der Waals surface area contributed by atoms with Crippen molar-refractivity contribution >= 4 is 41.4 Å². The molecule has 1 fully saturated rings. The lowest BCUT2D eigenvalue weighted by atomic mass is 10.0. The Morgan fingerprint density at radius 3 is 1.72 bits per heavy atom. The summed E-state index contributed by atoms with van der Waals surface area (Å²) < 4.78 is 0. The van der Waals surface area contributed by atoms with Gasteiger partial charge in [-0.2, -0.15) is 0 Å². The molecule has 12 N–H and O–H groups in total. The van der Waals surface area contributed by atoms with Crippen LogP contribution in [0, 0.1) is 11.8 Å². The van der Waals surface area contributed by atoms with Gasteiger partial charge in [-0.1, -0.05) is 27.7 Å². The molecule has 8 atom stereocenters. The number of hydrogen-bond acceptors (Lipinski definition) is 12. The molecule has 2 rings (SSSR count). The standard InChI is InChI=1S/C33H55N9O11/c1-16(2)9-21(37-27(46)20(34)11-19-12-35-15-36-19)28(47)39-24(14-44)31(50)40-23(13-43)30(49)38-22(10-17(3)4)29(48)41-26(18(5)45)32(51)42-8-6-7-25(42)33(52)53/h12,15-18,20-26,43-45H,6-11,13-14,34H2,1-5H3,(H,35,36)(H,37,46)(H,38,49)(H,39,47)(H,40,50)(H,41,48)(H,52,53)/t18-,20+,21+,22+,23+,24+,25+,26+/m1/s1. The highest BCUT2D eigenvalue weighted by atomic mass is 16.4. The number of aliphatic hydroxyl groups excluding tert-OH is 3. The number of rotatable bonds is 21. The van der Waals surface area contributed by atoms with Crippen LogP contribution in [0.3, 0.4) is 0 Å². The number of nitrogens with zero attached hydrogens (tertiary/aromatic N) is 2. The Morgan fingerprint density at radius 2 is 1.28 bits per heavy atom. The van der Waals surface area contributed by atoms with Crippen LogP contribution < -0.4 is 32.3 Å². The van der Waals surface area contributed by atoms with Gasteiger partial charge in [-0.3, -0.25) is 28.8 Å². The van der Waals surface area contributed by atoms with Crippen LogP contribution in [0.5, 0.6) is 0 Å². The molecule has 0 spiro atoms. The van der Waals surface area contributed by atoms with E-state index in [1.165, 1.54) is 13.3 Å². The Labute approximate surface area is 307 Å². The molecule has 0 unspecified atom stereocenters. The highest BCUT2D eigenvalue weighted by molar-refractivity contribution is 5.97. The van der Waals surface area contributed by atoms with Gasteiger partial charge < -0.3 is 62.6 Å². The molecule has 0 bridgehead atoms. The molecule has 1 aliphatic heterocycles. The third kappa shape index (κ3) is 13.7. The number of carboxylic acids is 1. The molecule has 1 aromatic rings. The van der Waals surface area contributed by atoms with Crippen molar-refractivity contribution in [1.82, 2.24) is 41.5 Å². The number of aromatic amines is 1. The van der Waals surface area contributed by atoms with Crippen LogP contribution >= 0.6 is 0 Å². The largest absolute Gasteiger partial charge is 0.480 e. The summed E-state index contributed by atoms with van der Waals surface area (Å²) in [4.78, 5) is 98.6. The molecule has 0 aliphatic carbocycles. The number of H-pyrrole nitrogens is 1. The number of nitrogens with two attached hydrogens (primary N) is 1. The van der Waals surface area contributed by atoms with E-state index >= 15 is 0 Å². The van der Waals surface area contributed by atoms with Crippen molar-refractivity contribution in [2.45, 2.75) is 115 Å². The Bertz CT molecular complexity index is 1410. The molecule has 2 heterocycles. The van der Waals surface area contributed by atoms with E-state index in [-0.39, 0.29) is 44.1 Å². The number of aliphatic carboxylic acids is 1.